The Morgan fingerprint density at radius 1 is 1.36 bits per heavy atom. The molecular formula is C18H23BrF3N5O. The fraction of sp³-hybridized carbons (Fsp3) is 0.611. The lowest BCUT2D eigenvalue weighted by molar-refractivity contribution is -0.142. The molecule has 1 aliphatic carbocycles. The minimum Gasteiger partial charge on any atom is -0.354 e. The van der Waals surface area contributed by atoms with Gasteiger partial charge in [-0.3, -0.25) is 14.2 Å². The van der Waals surface area contributed by atoms with Crippen molar-refractivity contribution >= 4 is 21.8 Å². The maximum absolute atomic E-state index is 13.0. The summed E-state index contributed by atoms with van der Waals surface area (Å²) in [7, 11) is 0. The van der Waals surface area contributed by atoms with E-state index in [1.54, 1.807) is 6.92 Å². The monoisotopic (exact) mass is 461 g/mol. The van der Waals surface area contributed by atoms with Gasteiger partial charge in [0.05, 0.1) is 10.2 Å². The number of nitrogens with zero attached hydrogens (tertiary/aromatic N) is 4. The first kappa shape index (κ1) is 20.9. The second-order valence-corrected chi connectivity index (χ2v) is 7.99. The smallest absolute Gasteiger partial charge is 0.354 e. The lowest BCUT2D eigenvalue weighted by Crippen LogP contribution is -2.33. The number of rotatable bonds is 7. The van der Waals surface area contributed by atoms with Gasteiger partial charge in [0, 0.05) is 30.4 Å². The summed E-state index contributed by atoms with van der Waals surface area (Å²) >= 11 is 3.47. The average molecular weight is 462 g/mol. The van der Waals surface area contributed by atoms with Crippen LogP contribution in [-0.2, 0) is 17.5 Å². The highest BCUT2D eigenvalue weighted by Gasteiger charge is 2.39. The predicted molar refractivity (Wildman–Crippen MR) is 101 cm³/mol. The van der Waals surface area contributed by atoms with Gasteiger partial charge in [0.15, 0.2) is 5.69 Å². The van der Waals surface area contributed by atoms with Crippen molar-refractivity contribution in [1.29, 1.82) is 0 Å². The van der Waals surface area contributed by atoms with Crippen molar-refractivity contribution in [3.8, 4) is 0 Å². The Kier molecular flexibility index (Phi) is 5.88. The highest BCUT2D eigenvalue weighted by Crippen LogP contribution is 2.42. The molecule has 0 saturated heterocycles. The number of nitrogens with one attached hydrogen (secondary N) is 1. The minimum atomic E-state index is -4.51. The predicted octanol–water partition coefficient (Wildman–Crippen LogP) is 4.12. The second kappa shape index (κ2) is 7.88. The number of aryl methyl sites for hydroxylation is 2. The molecular weight excluding hydrogens is 439 g/mol. The molecule has 10 heteroatoms. The Bertz CT molecular complexity index is 869. The third-order valence-electron chi connectivity index (χ3n) is 4.94. The summed E-state index contributed by atoms with van der Waals surface area (Å²) < 4.78 is 43.1. The van der Waals surface area contributed by atoms with E-state index in [0.717, 1.165) is 34.8 Å². The van der Waals surface area contributed by atoms with Gasteiger partial charge in [-0.05, 0) is 62.0 Å². The molecule has 2 aromatic rings. The molecule has 0 aliphatic heterocycles. The van der Waals surface area contributed by atoms with Gasteiger partial charge in [0.2, 0.25) is 5.91 Å². The molecule has 0 aromatic carbocycles. The van der Waals surface area contributed by atoms with Crippen molar-refractivity contribution in [2.75, 3.05) is 6.54 Å². The maximum atomic E-state index is 13.0. The van der Waals surface area contributed by atoms with Gasteiger partial charge in [-0.25, -0.2) is 0 Å². The standard InChI is InChI=1S/C18H23BrF3N5O/c1-10-16(19)11(2)26(24-10)8-4-7-23-17(28)12(3)27-14(13-5-6-13)9-15(25-27)18(20,21)22/h9,12-13H,4-8H2,1-3H3,(H,23,28). The van der Waals surface area contributed by atoms with Crippen LogP contribution in [0.5, 0.6) is 0 Å². The van der Waals surface area contributed by atoms with Crippen molar-refractivity contribution in [2.24, 2.45) is 0 Å². The largest absolute Gasteiger partial charge is 0.435 e. The molecule has 2 heterocycles. The van der Waals surface area contributed by atoms with Gasteiger partial charge >= 0.3 is 6.18 Å². The van der Waals surface area contributed by atoms with Gasteiger partial charge in [0.1, 0.15) is 6.04 Å². The first-order chi connectivity index (χ1) is 13.1. The van der Waals surface area contributed by atoms with Crippen LogP contribution in [0, 0.1) is 13.8 Å². The van der Waals surface area contributed by atoms with Crippen molar-refractivity contribution < 1.29 is 18.0 Å². The van der Waals surface area contributed by atoms with Crippen LogP contribution < -0.4 is 5.32 Å². The van der Waals surface area contributed by atoms with E-state index >= 15 is 0 Å². The van der Waals surface area contributed by atoms with Crippen molar-refractivity contribution in [3.05, 3.63) is 33.3 Å². The first-order valence-corrected chi connectivity index (χ1v) is 10.0. The maximum Gasteiger partial charge on any atom is 0.435 e. The Labute approximate surface area is 169 Å². The number of alkyl halides is 3. The zero-order valence-corrected chi connectivity index (χ0v) is 17.6. The topological polar surface area (TPSA) is 64.7 Å². The van der Waals surface area contributed by atoms with Gasteiger partial charge in [-0.1, -0.05) is 0 Å². The molecule has 1 atom stereocenters. The number of halogens is 4. The molecule has 1 unspecified atom stereocenters. The summed E-state index contributed by atoms with van der Waals surface area (Å²) in [5, 5.41) is 10.9. The average Bonchev–Trinajstić information content (AvgIpc) is 3.32. The Hall–Kier alpha value is -1.84. The molecule has 154 valence electrons. The SMILES string of the molecule is Cc1nn(CCCNC(=O)C(C)n2nc(C(F)(F)F)cc2C2CC2)c(C)c1Br. The molecule has 28 heavy (non-hydrogen) atoms. The van der Waals surface area contributed by atoms with Crippen LogP contribution >= 0.6 is 15.9 Å². The van der Waals surface area contributed by atoms with Gasteiger partial charge in [-0.15, -0.1) is 0 Å². The normalized spacial score (nSPS) is 15.7. The van der Waals surface area contributed by atoms with Crippen LogP contribution in [0.15, 0.2) is 10.5 Å². The number of carbonyl (C=O) groups is 1. The Morgan fingerprint density at radius 2 is 2.04 bits per heavy atom. The van der Waals surface area contributed by atoms with Crippen LogP contribution in [0.2, 0.25) is 0 Å². The summed E-state index contributed by atoms with van der Waals surface area (Å²) in [5.41, 5.74) is 1.47. The Balaban J connectivity index is 1.58. The zero-order valence-electron chi connectivity index (χ0n) is 16.0. The molecule has 1 N–H and O–H groups in total. The zero-order chi connectivity index (χ0) is 20.6. The van der Waals surface area contributed by atoms with E-state index in [0.29, 0.717) is 25.2 Å². The third-order valence-corrected chi connectivity index (χ3v) is 6.08. The van der Waals surface area contributed by atoms with E-state index in [9.17, 15) is 18.0 Å². The van der Waals surface area contributed by atoms with Crippen LogP contribution in [0.25, 0.3) is 0 Å². The first-order valence-electron chi connectivity index (χ1n) is 9.23. The fourth-order valence-corrected chi connectivity index (χ4v) is 3.42. The van der Waals surface area contributed by atoms with E-state index in [-0.39, 0.29) is 11.8 Å². The summed E-state index contributed by atoms with van der Waals surface area (Å²) in [6.07, 6.45) is -2.20. The number of hydrogen-bond acceptors (Lipinski definition) is 3. The van der Waals surface area contributed by atoms with E-state index < -0.39 is 17.9 Å². The molecule has 0 radical (unpaired) electrons. The Morgan fingerprint density at radius 3 is 2.57 bits per heavy atom. The van der Waals surface area contributed by atoms with Gasteiger partial charge in [0.25, 0.3) is 0 Å². The van der Waals surface area contributed by atoms with Crippen LogP contribution in [0.3, 0.4) is 0 Å². The summed E-state index contributed by atoms with van der Waals surface area (Å²) in [4.78, 5) is 12.5. The molecule has 1 amide bonds. The van der Waals surface area contributed by atoms with E-state index in [1.165, 1.54) is 4.68 Å². The number of amides is 1. The molecule has 0 bridgehead atoms. The fourth-order valence-electron chi connectivity index (χ4n) is 3.13. The van der Waals surface area contributed by atoms with E-state index in [2.05, 4.69) is 31.4 Å². The van der Waals surface area contributed by atoms with Crippen molar-refractivity contribution in [2.45, 2.75) is 64.7 Å². The minimum absolute atomic E-state index is 0.0586. The third kappa shape index (κ3) is 4.42. The van der Waals surface area contributed by atoms with E-state index in [4.69, 9.17) is 0 Å². The van der Waals surface area contributed by atoms with Gasteiger partial charge in [-0.2, -0.15) is 23.4 Å². The molecule has 0 spiro atoms. The van der Waals surface area contributed by atoms with Crippen molar-refractivity contribution in [1.82, 2.24) is 24.9 Å². The highest BCUT2D eigenvalue weighted by molar-refractivity contribution is 9.10. The molecule has 3 rings (SSSR count). The molecule has 6 nitrogen and oxygen atoms in total. The lowest BCUT2D eigenvalue weighted by Gasteiger charge is -2.16. The summed E-state index contributed by atoms with van der Waals surface area (Å²) in [5.74, 6) is -0.281. The van der Waals surface area contributed by atoms with Gasteiger partial charge < -0.3 is 5.32 Å². The van der Waals surface area contributed by atoms with Crippen LogP contribution in [-0.4, -0.2) is 32.0 Å². The molecule has 1 saturated carbocycles. The second-order valence-electron chi connectivity index (χ2n) is 7.20. The number of hydrogen-bond donors (Lipinski definition) is 1. The van der Waals surface area contributed by atoms with Crippen LogP contribution in [0.1, 0.15) is 60.9 Å². The summed E-state index contributed by atoms with van der Waals surface area (Å²) in [6.45, 7) is 6.49. The number of carbonyl (C=O) groups excluding carboxylic acids is 1. The highest BCUT2D eigenvalue weighted by atomic mass is 79.9. The quantitative estimate of drug-likeness (QED) is 0.630. The number of aromatic nitrogens is 4. The lowest BCUT2D eigenvalue weighted by atomic mass is 10.2. The summed E-state index contributed by atoms with van der Waals surface area (Å²) in [6, 6.07) is 0.275. The molecule has 1 fully saturated rings. The van der Waals surface area contributed by atoms with Crippen molar-refractivity contribution in [3.63, 3.8) is 0 Å². The van der Waals surface area contributed by atoms with E-state index in [1.807, 2.05) is 18.5 Å². The molecule has 2 aromatic heterocycles. The molecule has 1 aliphatic rings. The van der Waals surface area contributed by atoms with Crippen LogP contribution in [0.4, 0.5) is 13.2 Å².